The summed E-state index contributed by atoms with van der Waals surface area (Å²) >= 11 is 0. The smallest absolute Gasteiger partial charge is 0.307 e. The van der Waals surface area contributed by atoms with Crippen molar-refractivity contribution < 1.29 is 22.8 Å². The van der Waals surface area contributed by atoms with Crippen LogP contribution in [0, 0.1) is 5.92 Å². The number of aromatic nitrogens is 2. The lowest BCUT2D eigenvalue weighted by Crippen LogP contribution is -2.17. The van der Waals surface area contributed by atoms with Crippen molar-refractivity contribution in [3.05, 3.63) is 11.7 Å². The molecule has 2 atom stereocenters. The van der Waals surface area contributed by atoms with Crippen LogP contribution in [0.4, 0.5) is 0 Å². The fraction of sp³-hybridized carbons (Fsp3) is 0.667. The van der Waals surface area contributed by atoms with E-state index in [0.29, 0.717) is 0 Å². The monoisotopic (exact) mass is 262 g/mol. The maximum absolute atomic E-state index is 11.0. The molecule has 0 aromatic carbocycles. The third kappa shape index (κ3) is 3.81. The minimum atomic E-state index is -3.23. The topological polar surface area (TPSA) is 110 Å². The molecule has 0 bridgehead atoms. The molecule has 1 aromatic heterocycles. The molecule has 0 radical (unpaired) electrons. The van der Waals surface area contributed by atoms with E-state index in [0.717, 1.165) is 6.26 Å². The molecule has 1 N–H and O–H groups in total. The number of carboxylic acids is 1. The Morgan fingerprint density at radius 3 is 2.53 bits per heavy atom. The van der Waals surface area contributed by atoms with Gasteiger partial charge in [-0.25, -0.2) is 8.42 Å². The molecule has 0 saturated heterocycles. The summed E-state index contributed by atoms with van der Waals surface area (Å²) in [6.07, 6.45) is 1.06. The number of carbonyl (C=O) groups is 1. The van der Waals surface area contributed by atoms with Crippen LogP contribution >= 0.6 is 0 Å². The maximum atomic E-state index is 11.0. The summed E-state index contributed by atoms with van der Waals surface area (Å²) in [5.74, 6) is -2.24. The van der Waals surface area contributed by atoms with Gasteiger partial charge in [0.2, 0.25) is 5.89 Å². The Kier molecular flexibility index (Phi) is 3.87. The van der Waals surface area contributed by atoms with Crippen LogP contribution in [0.25, 0.3) is 0 Å². The van der Waals surface area contributed by atoms with Gasteiger partial charge in [0.1, 0.15) is 5.75 Å². The normalized spacial score (nSPS) is 15.5. The number of hydrogen-bond acceptors (Lipinski definition) is 6. The molecule has 0 aliphatic carbocycles. The summed E-state index contributed by atoms with van der Waals surface area (Å²) in [5.41, 5.74) is 0. The lowest BCUT2D eigenvalue weighted by Gasteiger charge is -2.10. The Hall–Kier alpha value is -1.44. The van der Waals surface area contributed by atoms with E-state index in [1.165, 1.54) is 6.92 Å². The number of nitrogens with zero attached hydrogens (tertiary/aromatic N) is 2. The fourth-order valence-corrected chi connectivity index (χ4v) is 1.76. The van der Waals surface area contributed by atoms with Crippen molar-refractivity contribution in [2.45, 2.75) is 25.5 Å². The van der Waals surface area contributed by atoms with E-state index in [1.807, 2.05) is 0 Å². The number of hydrogen-bond donors (Lipinski definition) is 1. The SMILES string of the molecule is CC(C(=O)O)C(C)c1nc(CS(C)(=O)=O)no1. The van der Waals surface area contributed by atoms with Crippen molar-refractivity contribution in [1.82, 2.24) is 10.1 Å². The van der Waals surface area contributed by atoms with Crippen molar-refractivity contribution in [2.75, 3.05) is 6.26 Å². The van der Waals surface area contributed by atoms with Crippen LogP contribution in [0.5, 0.6) is 0 Å². The van der Waals surface area contributed by atoms with Crippen LogP contribution in [-0.4, -0.2) is 35.9 Å². The maximum Gasteiger partial charge on any atom is 0.307 e. The lowest BCUT2D eigenvalue weighted by molar-refractivity contribution is -0.141. The van der Waals surface area contributed by atoms with Gasteiger partial charge in [-0.1, -0.05) is 19.0 Å². The summed E-state index contributed by atoms with van der Waals surface area (Å²) in [4.78, 5) is 14.6. The van der Waals surface area contributed by atoms with E-state index in [1.54, 1.807) is 6.92 Å². The molecule has 0 amide bonds. The molecule has 1 rings (SSSR count). The van der Waals surface area contributed by atoms with Crippen molar-refractivity contribution in [1.29, 1.82) is 0 Å². The zero-order chi connectivity index (χ0) is 13.2. The molecule has 7 nitrogen and oxygen atoms in total. The zero-order valence-corrected chi connectivity index (χ0v) is 10.6. The molecule has 0 saturated carbocycles. The standard InChI is InChI=1S/C9H14N2O5S/c1-5(6(2)9(12)13)8-10-7(11-16-8)4-17(3,14)15/h5-6H,4H2,1-3H3,(H,12,13). The molecule has 8 heteroatoms. The molecule has 1 aromatic rings. The van der Waals surface area contributed by atoms with Crippen molar-refractivity contribution in [3.8, 4) is 0 Å². The average molecular weight is 262 g/mol. The minimum Gasteiger partial charge on any atom is -0.481 e. The van der Waals surface area contributed by atoms with Gasteiger partial charge in [-0.2, -0.15) is 4.98 Å². The minimum absolute atomic E-state index is 0.0481. The first-order valence-corrected chi connectivity index (χ1v) is 6.99. The van der Waals surface area contributed by atoms with Gasteiger partial charge in [0, 0.05) is 12.2 Å². The predicted octanol–water partition coefficient (Wildman–Crippen LogP) is 0.438. The van der Waals surface area contributed by atoms with Crippen LogP contribution in [0.2, 0.25) is 0 Å². The van der Waals surface area contributed by atoms with Gasteiger partial charge in [0.15, 0.2) is 15.7 Å². The summed E-state index contributed by atoms with van der Waals surface area (Å²) in [6, 6.07) is 0. The number of sulfone groups is 1. The van der Waals surface area contributed by atoms with Crippen LogP contribution in [0.15, 0.2) is 4.52 Å². The van der Waals surface area contributed by atoms with Gasteiger partial charge in [0.05, 0.1) is 5.92 Å². The largest absolute Gasteiger partial charge is 0.481 e. The Morgan fingerprint density at radius 1 is 1.47 bits per heavy atom. The van der Waals surface area contributed by atoms with Gasteiger partial charge >= 0.3 is 5.97 Å². The highest BCUT2D eigenvalue weighted by Crippen LogP contribution is 2.22. The van der Waals surface area contributed by atoms with Gasteiger partial charge in [-0.05, 0) is 0 Å². The van der Waals surface area contributed by atoms with Crippen LogP contribution < -0.4 is 0 Å². The van der Waals surface area contributed by atoms with Crippen LogP contribution in [-0.2, 0) is 20.4 Å². The second-order valence-corrected chi connectivity index (χ2v) is 6.17. The van der Waals surface area contributed by atoms with E-state index >= 15 is 0 Å². The third-order valence-corrected chi connectivity index (χ3v) is 3.19. The Labute approximate surface area is 98.8 Å². The van der Waals surface area contributed by atoms with E-state index in [4.69, 9.17) is 9.63 Å². The molecule has 96 valence electrons. The predicted molar refractivity (Wildman–Crippen MR) is 58.1 cm³/mol. The molecule has 0 spiro atoms. The second kappa shape index (κ2) is 4.82. The first kappa shape index (κ1) is 13.6. The average Bonchev–Trinajstić information content (AvgIpc) is 2.61. The Balaban J connectivity index is 2.84. The summed E-state index contributed by atoms with van der Waals surface area (Å²) in [7, 11) is -3.23. The summed E-state index contributed by atoms with van der Waals surface area (Å²) < 4.78 is 26.9. The number of rotatable bonds is 5. The summed E-state index contributed by atoms with van der Waals surface area (Å²) in [6.45, 7) is 3.16. The van der Waals surface area contributed by atoms with Gasteiger partial charge in [-0.15, -0.1) is 0 Å². The van der Waals surface area contributed by atoms with Crippen molar-refractivity contribution in [3.63, 3.8) is 0 Å². The highest BCUT2D eigenvalue weighted by Gasteiger charge is 2.26. The van der Waals surface area contributed by atoms with E-state index in [-0.39, 0.29) is 17.5 Å². The first-order chi connectivity index (χ1) is 7.70. The first-order valence-electron chi connectivity index (χ1n) is 4.93. The molecular formula is C9H14N2O5S. The zero-order valence-electron chi connectivity index (χ0n) is 9.74. The van der Waals surface area contributed by atoms with Crippen LogP contribution in [0.3, 0.4) is 0 Å². The molecular weight excluding hydrogens is 248 g/mol. The number of carboxylic acid groups (broad SMARTS) is 1. The summed E-state index contributed by atoms with van der Waals surface area (Å²) in [5, 5.41) is 12.3. The Morgan fingerprint density at radius 2 is 2.06 bits per heavy atom. The van der Waals surface area contributed by atoms with Crippen molar-refractivity contribution in [2.24, 2.45) is 5.92 Å². The van der Waals surface area contributed by atoms with Gasteiger partial charge in [0.25, 0.3) is 0 Å². The van der Waals surface area contributed by atoms with E-state index in [2.05, 4.69) is 10.1 Å². The highest BCUT2D eigenvalue weighted by molar-refractivity contribution is 7.89. The highest BCUT2D eigenvalue weighted by atomic mass is 32.2. The second-order valence-electron chi connectivity index (χ2n) is 4.03. The van der Waals surface area contributed by atoms with Gasteiger partial charge < -0.3 is 9.63 Å². The fourth-order valence-electron chi connectivity index (χ4n) is 1.17. The molecule has 0 aliphatic heterocycles. The number of aliphatic carboxylic acids is 1. The molecule has 0 fully saturated rings. The van der Waals surface area contributed by atoms with Crippen LogP contribution in [0.1, 0.15) is 31.5 Å². The lowest BCUT2D eigenvalue weighted by atomic mass is 9.96. The third-order valence-electron chi connectivity index (χ3n) is 2.40. The quantitative estimate of drug-likeness (QED) is 0.819. The van der Waals surface area contributed by atoms with Crippen molar-refractivity contribution >= 4 is 15.8 Å². The molecule has 0 aliphatic rings. The Bertz CT molecular complexity index is 507. The van der Waals surface area contributed by atoms with E-state index < -0.39 is 27.6 Å². The van der Waals surface area contributed by atoms with E-state index in [9.17, 15) is 13.2 Å². The molecule has 17 heavy (non-hydrogen) atoms. The molecule has 1 heterocycles. The van der Waals surface area contributed by atoms with Gasteiger partial charge in [-0.3, -0.25) is 4.79 Å². The molecule has 2 unspecified atom stereocenters.